The van der Waals surface area contributed by atoms with Gasteiger partial charge >= 0.3 is 6.18 Å². The lowest BCUT2D eigenvalue weighted by Gasteiger charge is -2.20. The van der Waals surface area contributed by atoms with Crippen molar-refractivity contribution in [3.63, 3.8) is 0 Å². The molecule has 0 fully saturated rings. The highest BCUT2D eigenvalue weighted by Crippen LogP contribution is 2.36. The number of fused-ring (bicyclic) bond motifs is 1. The van der Waals surface area contributed by atoms with E-state index in [0.717, 1.165) is 0 Å². The standard InChI is InChI=1S/C12H13F3N2O3/c13-12(14,15)2-1-3-19-9-5-8-10(4-7(9)16)20-6-11(18)17-8/h4-5H,1-3,6,16H2,(H,17,18). The molecule has 0 aromatic heterocycles. The molecule has 1 aliphatic heterocycles. The van der Waals surface area contributed by atoms with E-state index in [-0.39, 0.29) is 37.0 Å². The number of benzene rings is 1. The van der Waals surface area contributed by atoms with Gasteiger partial charge in [-0.2, -0.15) is 13.2 Å². The van der Waals surface area contributed by atoms with E-state index in [0.29, 0.717) is 11.4 Å². The van der Waals surface area contributed by atoms with Crippen molar-refractivity contribution in [2.75, 3.05) is 24.3 Å². The Bertz CT molecular complexity index is 517. The molecule has 1 amide bonds. The lowest BCUT2D eigenvalue weighted by Crippen LogP contribution is -2.25. The van der Waals surface area contributed by atoms with E-state index >= 15 is 0 Å². The number of carbonyl (C=O) groups excluding carboxylic acids is 1. The highest BCUT2D eigenvalue weighted by Gasteiger charge is 2.26. The molecule has 20 heavy (non-hydrogen) atoms. The van der Waals surface area contributed by atoms with Gasteiger partial charge in [0.25, 0.3) is 5.91 Å². The molecule has 2 rings (SSSR count). The minimum absolute atomic E-state index is 0.0990. The van der Waals surface area contributed by atoms with Gasteiger partial charge in [-0.15, -0.1) is 0 Å². The van der Waals surface area contributed by atoms with Crippen LogP contribution >= 0.6 is 0 Å². The molecule has 0 atom stereocenters. The Morgan fingerprint density at radius 1 is 1.40 bits per heavy atom. The van der Waals surface area contributed by atoms with Gasteiger partial charge in [-0.25, -0.2) is 0 Å². The quantitative estimate of drug-likeness (QED) is 0.659. The second-order valence-electron chi connectivity index (χ2n) is 4.29. The van der Waals surface area contributed by atoms with Crippen LogP contribution in [-0.2, 0) is 4.79 Å². The molecule has 1 aromatic carbocycles. The fourth-order valence-corrected chi connectivity index (χ4v) is 1.70. The van der Waals surface area contributed by atoms with Gasteiger partial charge in [-0.3, -0.25) is 4.79 Å². The summed E-state index contributed by atoms with van der Waals surface area (Å²) in [7, 11) is 0. The minimum Gasteiger partial charge on any atom is -0.491 e. The smallest absolute Gasteiger partial charge is 0.389 e. The Hall–Kier alpha value is -2.12. The number of anilines is 2. The molecule has 1 aromatic rings. The summed E-state index contributed by atoms with van der Waals surface area (Å²) in [4.78, 5) is 11.2. The van der Waals surface area contributed by atoms with Crippen LogP contribution in [0.1, 0.15) is 12.8 Å². The monoisotopic (exact) mass is 290 g/mol. The summed E-state index contributed by atoms with van der Waals surface area (Å²) in [5.74, 6) is 0.312. The van der Waals surface area contributed by atoms with E-state index in [2.05, 4.69) is 5.32 Å². The summed E-state index contributed by atoms with van der Waals surface area (Å²) < 4.78 is 46.3. The third-order valence-electron chi connectivity index (χ3n) is 2.61. The van der Waals surface area contributed by atoms with Crippen molar-refractivity contribution in [3.05, 3.63) is 12.1 Å². The first-order valence-corrected chi connectivity index (χ1v) is 5.91. The minimum atomic E-state index is -4.20. The average Bonchev–Trinajstić information content (AvgIpc) is 2.34. The lowest BCUT2D eigenvalue weighted by molar-refractivity contribution is -0.136. The van der Waals surface area contributed by atoms with Gasteiger partial charge in [0.1, 0.15) is 11.5 Å². The van der Waals surface area contributed by atoms with Crippen LogP contribution in [0, 0.1) is 0 Å². The van der Waals surface area contributed by atoms with Crippen LogP contribution < -0.4 is 20.5 Å². The second kappa shape index (κ2) is 5.48. The summed E-state index contributed by atoms with van der Waals surface area (Å²) in [6.07, 6.45) is -5.28. The van der Waals surface area contributed by atoms with Crippen LogP contribution in [0.5, 0.6) is 11.5 Å². The number of rotatable bonds is 4. The molecule has 0 unspecified atom stereocenters. The Morgan fingerprint density at radius 2 is 2.15 bits per heavy atom. The number of ether oxygens (including phenoxy) is 2. The number of nitrogens with two attached hydrogens (primary N) is 1. The van der Waals surface area contributed by atoms with Gasteiger partial charge in [0.05, 0.1) is 18.0 Å². The van der Waals surface area contributed by atoms with Crippen molar-refractivity contribution >= 4 is 17.3 Å². The van der Waals surface area contributed by atoms with Gasteiger partial charge in [0, 0.05) is 18.6 Å². The Labute approximate surface area is 112 Å². The molecule has 0 aliphatic carbocycles. The number of nitrogens with one attached hydrogen (secondary N) is 1. The second-order valence-corrected chi connectivity index (χ2v) is 4.29. The molecule has 0 radical (unpaired) electrons. The van der Waals surface area contributed by atoms with Crippen molar-refractivity contribution in [2.45, 2.75) is 19.0 Å². The van der Waals surface area contributed by atoms with Crippen LogP contribution in [0.4, 0.5) is 24.5 Å². The molecule has 8 heteroatoms. The third-order valence-corrected chi connectivity index (χ3v) is 2.61. The van der Waals surface area contributed by atoms with Crippen molar-refractivity contribution in [2.24, 2.45) is 0 Å². The number of amides is 1. The van der Waals surface area contributed by atoms with E-state index in [4.69, 9.17) is 15.2 Å². The number of nitrogen functional groups attached to an aromatic ring is 1. The first kappa shape index (κ1) is 14.3. The fourth-order valence-electron chi connectivity index (χ4n) is 1.70. The van der Waals surface area contributed by atoms with Gasteiger partial charge in [0.15, 0.2) is 6.61 Å². The van der Waals surface area contributed by atoms with E-state index in [1.165, 1.54) is 12.1 Å². The molecule has 5 nitrogen and oxygen atoms in total. The molecule has 0 saturated carbocycles. The van der Waals surface area contributed by atoms with Crippen LogP contribution in [0.25, 0.3) is 0 Å². The molecule has 1 heterocycles. The van der Waals surface area contributed by atoms with E-state index < -0.39 is 12.6 Å². The van der Waals surface area contributed by atoms with Crippen molar-refractivity contribution in [1.29, 1.82) is 0 Å². The largest absolute Gasteiger partial charge is 0.491 e. The van der Waals surface area contributed by atoms with Crippen LogP contribution in [0.15, 0.2) is 12.1 Å². The van der Waals surface area contributed by atoms with E-state index in [9.17, 15) is 18.0 Å². The highest BCUT2D eigenvalue weighted by atomic mass is 19.4. The molecule has 0 saturated heterocycles. The molecule has 3 N–H and O–H groups in total. The predicted octanol–water partition coefficient (Wildman–Crippen LogP) is 2.32. The maximum absolute atomic E-state index is 12.0. The maximum atomic E-state index is 12.0. The zero-order chi connectivity index (χ0) is 14.8. The maximum Gasteiger partial charge on any atom is 0.389 e. The summed E-state index contributed by atoms with van der Waals surface area (Å²) >= 11 is 0. The molecule has 0 bridgehead atoms. The van der Waals surface area contributed by atoms with Crippen molar-refractivity contribution in [3.8, 4) is 11.5 Å². The Balaban J connectivity index is 1.98. The van der Waals surface area contributed by atoms with E-state index in [1.807, 2.05) is 0 Å². The zero-order valence-corrected chi connectivity index (χ0v) is 10.4. The molecular weight excluding hydrogens is 277 g/mol. The van der Waals surface area contributed by atoms with Gasteiger partial charge in [0.2, 0.25) is 0 Å². The summed E-state index contributed by atoms with van der Waals surface area (Å²) in [5, 5.41) is 2.56. The van der Waals surface area contributed by atoms with Gasteiger partial charge < -0.3 is 20.5 Å². The zero-order valence-electron chi connectivity index (χ0n) is 10.4. The Morgan fingerprint density at radius 3 is 2.85 bits per heavy atom. The van der Waals surface area contributed by atoms with Crippen LogP contribution in [0.3, 0.4) is 0 Å². The predicted molar refractivity (Wildman–Crippen MR) is 65.8 cm³/mol. The number of carbonyl (C=O) groups is 1. The van der Waals surface area contributed by atoms with Crippen molar-refractivity contribution < 1.29 is 27.4 Å². The first-order valence-electron chi connectivity index (χ1n) is 5.91. The average molecular weight is 290 g/mol. The normalized spacial score (nSPS) is 14.2. The molecular formula is C12H13F3N2O3. The number of hydrogen-bond donors (Lipinski definition) is 2. The topological polar surface area (TPSA) is 73.6 Å². The lowest BCUT2D eigenvalue weighted by atomic mass is 10.2. The number of hydrogen-bond acceptors (Lipinski definition) is 4. The first-order chi connectivity index (χ1) is 9.35. The van der Waals surface area contributed by atoms with Gasteiger partial charge in [-0.05, 0) is 6.42 Å². The van der Waals surface area contributed by atoms with E-state index in [1.54, 1.807) is 0 Å². The summed E-state index contributed by atoms with van der Waals surface area (Å²) in [6, 6.07) is 2.91. The SMILES string of the molecule is Nc1cc2c(cc1OCCCC(F)(F)F)NC(=O)CO2. The van der Waals surface area contributed by atoms with Crippen molar-refractivity contribution in [1.82, 2.24) is 0 Å². The molecule has 110 valence electrons. The summed E-state index contributed by atoms with van der Waals surface area (Å²) in [5.41, 5.74) is 6.34. The summed E-state index contributed by atoms with van der Waals surface area (Å²) in [6.45, 7) is -0.213. The fraction of sp³-hybridized carbons (Fsp3) is 0.417. The number of alkyl halides is 3. The molecule has 0 spiro atoms. The molecule has 1 aliphatic rings. The Kier molecular flexibility index (Phi) is 3.91. The third kappa shape index (κ3) is 3.69. The van der Waals surface area contributed by atoms with Gasteiger partial charge in [-0.1, -0.05) is 0 Å². The number of halogens is 3. The van der Waals surface area contributed by atoms with Crippen LogP contribution in [0.2, 0.25) is 0 Å². The highest BCUT2D eigenvalue weighted by molar-refractivity contribution is 5.96. The van der Waals surface area contributed by atoms with Crippen LogP contribution in [-0.4, -0.2) is 25.3 Å².